The molecule has 9 aromatic carbocycles. The van der Waals surface area contributed by atoms with Crippen molar-refractivity contribution >= 4 is 54.3 Å². The molecule has 2 heterocycles. The number of hydrogen-bond donors (Lipinski definition) is 0. The van der Waals surface area contributed by atoms with Crippen LogP contribution in [0.3, 0.4) is 0 Å². The predicted molar refractivity (Wildman–Crippen MR) is 231 cm³/mol. The fraction of sp³-hybridized carbons (Fsp3) is 0. The van der Waals surface area contributed by atoms with Crippen molar-refractivity contribution in [3.05, 3.63) is 200 Å². The molecule has 2 aromatic heterocycles. The Hall–Kier alpha value is -7.36. The van der Waals surface area contributed by atoms with E-state index in [-0.39, 0.29) is 0 Å². The van der Waals surface area contributed by atoms with Gasteiger partial charge in [-0.05, 0) is 73.1 Å². The lowest BCUT2D eigenvalue weighted by Gasteiger charge is -2.14. The van der Waals surface area contributed by atoms with Gasteiger partial charge in [-0.3, -0.25) is 4.57 Å². The van der Waals surface area contributed by atoms with E-state index in [1.807, 2.05) is 0 Å². The molecule has 0 spiro atoms. The Kier molecular flexibility index (Phi) is 7.17. The second kappa shape index (κ2) is 12.6. The van der Waals surface area contributed by atoms with Crippen LogP contribution in [0, 0.1) is 0 Å². The Morgan fingerprint density at radius 2 is 0.709 bits per heavy atom. The summed E-state index contributed by atoms with van der Waals surface area (Å²) < 4.78 is 2.32. The first kappa shape index (κ1) is 31.2. The zero-order valence-electron chi connectivity index (χ0n) is 29.9. The molecule has 0 N–H and O–H groups in total. The predicted octanol–water partition coefficient (Wildman–Crippen LogP) is 13.7. The Labute approximate surface area is 318 Å². The first-order valence-electron chi connectivity index (χ1n) is 18.8. The first-order valence-corrected chi connectivity index (χ1v) is 18.8. The largest absolute Gasteiger partial charge is 0.278 e. The molecule has 0 fully saturated rings. The van der Waals surface area contributed by atoms with Crippen molar-refractivity contribution in [1.29, 1.82) is 0 Å². The molecule has 256 valence electrons. The minimum Gasteiger partial charge on any atom is -0.278 e. The van der Waals surface area contributed by atoms with Crippen LogP contribution in [0.5, 0.6) is 0 Å². The zero-order valence-corrected chi connectivity index (χ0v) is 29.9. The molecular formula is C52H33N3. The zero-order chi connectivity index (χ0) is 36.3. The Morgan fingerprint density at radius 3 is 1.24 bits per heavy atom. The molecule has 0 bridgehead atoms. The van der Waals surface area contributed by atoms with Crippen molar-refractivity contribution in [3.63, 3.8) is 0 Å². The smallest absolute Gasteiger partial charge is 0.235 e. The molecule has 0 aliphatic heterocycles. The van der Waals surface area contributed by atoms with Crippen LogP contribution >= 0.6 is 0 Å². The average molecular weight is 700 g/mol. The Balaban J connectivity index is 1.29. The Morgan fingerprint density at radius 1 is 0.309 bits per heavy atom. The van der Waals surface area contributed by atoms with E-state index >= 15 is 0 Å². The van der Waals surface area contributed by atoms with Crippen LogP contribution in [0.2, 0.25) is 0 Å². The highest BCUT2D eigenvalue weighted by Gasteiger charge is 2.23. The number of rotatable bonds is 5. The van der Waals surface area contributed by atoms with Crippen molar-refractivity contribution in [2.45, 2.75) is 0 Å². The molecule has 55 heavy (non-hydrogen) atoms. The summed E-state index contributed by atoms with van der Waals surface area (Å²) in [5, 5.41) is 8.27. The molecule has 0 unspecified atom stereocenters. The van der Waals surface area contributed by atoms with Crippen LogP contribution in [0.15, 0.2) is 200 Å². The van der Waals surface area contributed by atoms with Gasteiger partial charge in [-0.2, -0.15) is 0 Å². The third kappa shape index (κ3) is 5.05. The van der Waals surface area contributed by atoms with E-state index in [0.29, 0.717) is 5.95 Å². The first-order chi connectivity index (χ1) is 27.3. The third-order valence-electron chi connectivity index (χ3n) is 11.0. The molecule has 0 radical (unpaired) electrons. The fourth-order valence-electron chi connectivity index (χ4n) is 8.49. The van der Waals surface area contributed by atoms with Crippen LogP contribution in [-0.4, -0.2) is 14.5 Å². The van der Waals surface area contributed by atoms with Gasteiger partial charge < -0.3 is 0 Å². The lowest BCUT2D eigenvalue weighted by molar-refractivity contribution is 1.01. The maximum atomic E-state index is 5.53. The van der Waals surface area contributed by atoms with Crippen molar-refractivity contribution in [3.8, 4) is 50.6 Å². The summed E-state index contributed by atoms with van der Waals surface area (Å²) in [4.78, 5) is 10.9. The highest BCUT2D eigenvalue weighted by Crippen LogP contribution is 2.46. The van der Waals surface area contributed by atoms with E-state index in [1.165, 1.54) is 65.7 Å². The second-order valence-electron chi connectivity index (χ2n) is 14.1. The SMILES string of the molecule is c1ccc(-c2ccc(-c3nc(-n4c5cc(-c6ccccc6)c6ccccc6c5c5c6ccccc6c(-c6ccccc6)cc54)nc4ccccc34)cc2)cc1. The van der Waals surface area contributed by atoms with Crippen molar-refractivity contribution < 1.29 is 0 Å². The Bertz CT molecular complexity index is 3080. The van der Waals surface area contributed by atoms with Crippen LogP contribution < -0.4 is 0 Å². The molecule has 0 amide bonds. The molecule has 3 heteroatoms. The third-order valence-corrected chi connectivity index (χ3v) is 11.0. The van der Waals surface area contributed by atoms with Gasteiger partial charge in [0.05, 0.1) is 22.2 Å². The van der Waals surface area contributed by atoms with Crippen LogP contribution in [-0.2, 0) is 0 Å². The summed E-state index contributed by atoms with van der Waals surface area (Å²) in [5.74, 6) is 0.643. The number of para-hydroxylation sites is 1. The lowest BCUT2D eigenvalue weighted by Crippen LogP contribution is -2.04. The molecule has 11 rings (SSSR count). The normalized spacial score (nSPS) is 11.6. The van der Waals surface area contributed by atoms with Gasteiger partial charge in [0.15, 0.2) is 0 Å². The van der Waals surface area contributed by atoms with E-state index in [9.17, 15) is 0 Å². The summed E-state index contributed by atoms with van der Waals surface area (Å²) in [6.45, 7) is 0. The average Bonchev–Trinajstić information content (AvgIpc) is 3.61. The minimum atomic E-state index is 0.643. The number of hydrogen-bond acceptors (Lipinski definition) is 2. The molecule has 0 aliphatic carbocycles. The number of nitrogens with zero attached hydrogens (tertiary/aromatic N) is 3. The van der Waals surface area contributed by atoms with Crippen molar-refractivity contribution in [1.82, 2.24) is 14.5 Å². The lowest BCUT2D eigenvalue weighted by atomic mass is 9.92. The number of aromatic nitrogens is 3. The van der Waals surface area contributed by atoms with Crippen LogP contribution in [0.25, 0.3) is 105 Å². The van der Waals surface area contributed by atoms with Gasteiger partial charge in [0, 0.05) is 21.7 Å². The van der Waals surface area contributed by atoms with Crippen LogP contribution in [0.1, 0.15) is 0 Å². The maximum Gasteiger partial charge on any atom is 0.235 e. The van der Waals surface area contributed by atoms with Gasteiger partial charge >= 0.3 is 0 Å². The van der Waals surface area contributed by atoms with Gasteiger partial charge in [0.2, 0.25) is 5.95 Å². The second-order valence-corrected chi connectivity index (χ2v) is 14.1. The van der Waals surface area contributed by atoms with Crippen molar-refractivity contribution in [2.24, 2.45) is 0 Å². The van der Waals surface area contributed by atoms with E-state index in [1.54, 1.807) is 0 Å². The van der Waals surface area contributed by atoms with E-state index in [4.69, 9.17) is 9.97 Å². The van der Waals surface area contributed by atoms with Crippen LogP contribution in [0.4, 0.5) is 0 Å². The summed E-state index contributed by atoms with van der Waals surface area (Å²) >= 11 is 0. The molecule has 0 atom stereocenters. The van der Waals surface area contributed by atoms with Gasteiger partial charge in [-0.1, -0.05) is 182 Å². The summed E-state index contributed by atoms with van der Waals surface area (Å²) in [6, 6.07) is 71.5. The van der Waals surface area contributed by atoms with E-state index < -0.39 is 0 Å². The van der Waals surface area contributed by atoms with Gasteiger partial charge in [-0.15, -0.1) is 0 Å². The number of benzene rings is 9. The van der Waals surface area contributed by atoms with Gasteiger partial charge in [-0.25, -0.2) is 9.97 Å². The molecule has 0 saturated heterocycles. The van der Waals surface area contributed by atoms with Gasteiger partial charge in [0.25, 0.3) is 0 Å². The maximum absolute atomic E-state index is 5.53. The summed E-state index contributed by atoms with van der Waals surface area (Å²) in [5.41, 5.74) is 12.1. The standard InChI is InChI=1S/C52H33N3/c1-4-16-34(17-5-1)35-28-30-38(31-29-35)51-43-26-14-15-27-46(43)53-52(54-51)55-47-32-44(36-18-6-2-7-19-36)39-22-10-12-24-41(39)49(47)50-42-25-13-11-23-40(42)45(33-48(50)55)37-20-8-3-9-21-37/h1-33H. The highest BCUT2D eigenvalue weighted by molar-refractivity contribution is 6.31. The number of fused-ring (bicyclic) bond motifs is 8. The summed E-state index contributed by atoms with van der Waals surface area (Å²) in [7, 11) is 0. The van der Waals surface area contributed by atoms with E-state index in [2.05, 4.69) is 205 Å². The summed E-state index contributed by atoms with van der Waals surface area (Å²) in [6.07, 6.45) is 0. The highest BCUT2D eigenvalue weighted by atomic mass is 15.2. The monoisotopic (exact) mass is 699 g/mol. The molecule has 0 saturated carbocycles. The quantitative estimate of drug-likeness (QED) is 0.179. The van der Waals surface area contributed by atoms with Crippen molar-refractivity contribution in [2.75, 3.05) is 0 Å². The fourth-order valence-corrected chi connectivity index (χ4v) is 8.49. The van der Waals surface area contributed by atoms with E-state index in [0.717, 1.165) is 33.2 Å². The molecule has 0 aliphatic rings. The molecule has 11 aromatic rings. The van der Waals surface area contributed by atoms with Gasteiger partial charge in [0.1, 0.15) is 0 Å². The molecular weight excluding hydrogens is 667 g/mol. The topological polar surface area (TPSA) is 30.7 Å². The minimum absolute atomic E-state index is 0.643. The molecule has 3 nitrogen and oxygen atoms in total.